The van der Waals surface area contributed by atoms with E-state index in [9.17, 15) is 4.79 Å². The monoisotopic (exact) mass is 215 g/mol. The molecule has 3 N–H and O–H groups in total. The highest BCUT2D eigenvalue weighted by atomic mass is 16.1. The molecule has 82 valence electrons. The summed E-state index contributed by atoms with van der Waals surface area (Å²) in [6.07, 6.45) is 4.54. The fraction of sp³-hybridized carbons (Fsp3) is 0.167. The van der Waals surface area contributed by atoms with E-state index in [-0.39, 0.29) is 5.91 Å². The fourth-order valence-corrected chi connectivity index (χ4v) is 1.56. The predicted octanol–water partition coefficient (Wildman–Crippen LogP) is 1.49. The molecule has 0 aliphatic rings. The van der Waals surface area contributed by atoms with Gasteiger partial charge in [0.05, 0.1) is 0 Å². The molecule has 0 fully saturated rings. The van der Waals surface area contributed by atoms with Gasteiger partial charge in [0, 0.05) is 24.4 Å². The van der Waals surface area contributed by atoms with Gasteiger partial charge in [0.1, 0.15) is 5.82 Å². The summed E-state index contributed by atoms with van der Waals surface area (Å²) >= 11 is 0. The van der Waals surface area contributed by atoms with Crippen LogP contribution in [0.2, 0.25) is 0 Å². The Labute approximate surface area is 93.5 Å². The molecule has 4 heteroatoms. The number of aromatic amines is 1. The third kappa shape index (κ3) is 2.48. The molecule has 0 aliphatic carbocycles. The van der Waals surface area contributed by atoms with Gasteiger partial charge in [-0.25, -0.2) is 4.98 Å². The van der Waals surface area contributed by atoms with Crippen LogP contribution in [0.25, 0.3) is 11.4 Å². The normalized spacial score (nSPS) is 10.2. The highest BCUT2D eigenvalue weighted by molar-refractivity contribution is 5.74. The molecule has 1 amide bonds. The van der Waals surface area contributed by atoms with Crippen LogP contribution in [0.3, 0.4) is 0 Å². The van der Waals surface area contributed by atoms with E-state index in [4.69, 9.17) is 5.73 Å². The van der Waals surface area contributed by atoms with Crippen molar-refractivity contribution in [1.29, 1.82) is 0 Å². The van der Waals surface area contributed by atoms with E-state index in [1.54, 1.807) is 12.4 Å². The van der Waals surface area contributed by atoms with Crippen molar-refractivity contribution >= 4 is 5.91 Å². The molecule has 0 spiro atoms. The lowest BCUT2D eigenvalue weighted by atomic mass is 10.1. The van der Waals surface area contributed by atoms with E-state index in [0.29, 0.717) is 12.8 Å². The molecule has 2 rings (SSSR count). The number of carbonyl (C=O) groups excluding carboxylic acids is 1. The molecule has 0 bridgehead atoms. The molecule has 0 unspecified atom stereocenters. The number of aryl methyl sites for hydroxylation is 1. The topological polar surface area (TPSA) is 71.8 Å². The number of primary amides is 1. The lowest BCUT2D eigenvalue weighted by molar-refractivity contribution is -0.117. The molecule has 0 radical (unpaired) electrons. The Morgan fingerprint density at radius 1 is 1.44 bits per heavy atom. The molecule has 16 heavy (non-hydrogen) atoms. The summed E-state index contributed by atoms with van der Waals surface area (Å²) < 4.78 is 0. The van der Waals surface area contributed by atoms with Crippen molar-refractivity contribution in [1.82, 2.24) is 9.97 Å². The second kappa shape index (κ2) is 4.61. The Morgan fingerprint density at radius 3 is 3.00 bits per heavy atom. The van der Waals surface area contributed by atoms with Crippen molar-refractivity contribution in [3.8, 4) is 11.4 Å². The van der Waals surface area contributed by atoms with Gasteiger partial charge < -0.3 is 10.7 Å². The van der Waals surface area contributed by atoms with Gasteiger partial charge in [-0.05, 0) is 18.1 Å². The first-order valence-corrected chi connectivity index (χ1v) is 5.13. The first kappa shape index (κ1) is 10.4. The fourth-order valence-electron chi connectivity index (χ4n) is 1.56. The average molecular weight is 215 g/mol. The molecule has 0 saturated carbocycles. The van der Waals surface area contributed by atoms with E-state index < -0.39 is 0 Å². The number of nitrogens with zero attached hydrogens (tertiary/aromatic N) is 1. The van der Waals surface area contributed by atoms with Gasteiger partial charge >= 0.3 is 0 Å². The van der Waals surface area contributed by atoms with Crippen LogP contribution < -0.4 is 5.73 Å². The third-order valence-electron chi connectivity index (χ3n) is 2.36. The minimum atomic E-state index is -0.275. The van der Waals surface area contributed by atoms with Crippen molar-refractivity contribution in [3.63, 3.8) is 0 Å². The molecule has 1 aromatic heterocycles. The average Bonchev–Trinajstić information content (AvgIpc) is 2.80. The number of H-pyrrole nitrogens is 1. The first-order valence-electron chi connectivity index (χ1n) is 5.13. The van der Waals surface area contributed by atoms with Crippen LogP contribution in [-0.2, 0) is 11.2 Å². The molecule has 2 aromatic rings. The second-order valence-electron chi connectivity index (χ2n) is 3.60. The van der Waals surface area contributed by atoms with Crippen LogP contribution in [0.1, 0.15) is 12.0 Å². The summed E-state index contributed by atoms with van der Waals surface area (Å²) in [4.78, 5) is 17.9. The summed E-state index contributed by atoms with van der Waals surface area (Å²) in [6, 6.07) is 7.93. The maximum atomic E-state index is 10.7. The first-order chi connectivity index (χ1) is 7.75. The van der Waals surface area contributed by atoms with Gasteiger partial charge in [0.15, 0.2) is 0 Å². The summed E-state index contributed by atoms with van der Waals surface area (Å²) in [6.45, 7) is 0. The Balaban J connectivity index is 2.17. The number of benzene rings is 1. The molecule has 4 nitrogen and oxygen atoms in total. The van der Waals surface area contributed by atoms with Gasteiger partial charge in [-0.1, -0.05) is 18.2 Å². The SMILES string of the molecule is NC(=O)CCc1cccc(-c2ncc[nH]2)c1. The number of carbonyl (C=O) groups is 1. The Kier molecular flexibility index (Phi) is 3.00. The molecule has 0 aliphatic heterocycles. The van der Waals surface area contributed by atoms with Crippen molar-refractivity contribution < 1.29 is 4.79 Å². The highest BCUT2D eigenvalue weighted by Crippen LogP contribution is 2.16. The van der Waals surface area contributed by atoms with E-state index in [1.165, 1.54) is 0 Å². The van der Waals surface area contributed by atoms with Crippen molar-refractivity contribution in [2.45, 2.75) is 12.8 Å². The summed E-state index contributed by atoms with van der Waals surface area (Å²) in [5, 5.41) is 0. The van der Waals surface area contributed by atoms with Gasteiger partial charge in [0.2, 0.25) is 5.91 Å². The maximum Gasteiger partial charge on any atom is 0.217 e. The quantitative estimate of drug-likeness (QED) is 0.811. The molecule has 0 atom stereocenters. The van der Waals surface area contributed by atoms with Crippen LogP contribution in [0.4, 0.5) is 0 Å². The Hall–Kier alpha value is -2.10. The van der Waals surface area contributed by atoms with Gasteiger partial charge in [-0.15, -0.1) is 0 Å². The zero-order valence-corrected chi connectivity index (χ0v) is 8.81. The summed E-state index contributed by atoms with van der Waals surface area (Å²) in [5.74, 6) is 0.560. The highest BCUT2D eigenvalue weighted by Gasteiger charge is 2.02. The standard InChI is InChI=1S/C12H13N3O/c13-11(16)5-4-9-2-1-3-10(8-9)12-14-6-7-15-12/h1-3,6-8H,4-5H2,(H2,13,16)(H,14,15). The van der Waals surface area contributed by atoms with Crippen molar-refractivity contribution in [2.24, 2.45) is 5.73 Å². The number of hydrogen-bond acceptors (Lipinski definition) is 2. The van der Waals surface area contributed by atoms with E-state index in [0.717, 1.165) is 17.0 Å². The van der Waals surface area contributed by atoms with E-state index in [1.807, 2.05) is 24.3 Å². The Morgan fingerprint density at radius 2 is 2.31 bits per heavy atom. The van der Waals surface area contributed by atoms with Crippen LogP contribution in [0.5, 0.6) is 0 Å². The predicted molar refractivity (Wildman–Crippen MR) is 61.5 cm³/mol. The van der Waals surface area contributed by atoms with Crippen LogP contribution in [0.15, 0.2) is 36.7 Å². The van der Waals surface area contributed by atoms with Crippen LogP contribution in [-0.4, -0.2) is 15.9 Å². The van der Waals surface area contributed by atoms with Gasteiger partial charge in [0.25, 0.3) is 0 Å². The van der Waals surface area contributed by atoms with Gasteiger partial charge in [-0.2, -0.15) is 0 Å². The molecule has 1 heterocycles. The zero-order chi connectivity index (χ0) is 11.4. The number of nitrogens with two attached hydrogens (primary N) is 1. The lowest BCUT2D eigenvalue weighted by Gasteiger charge is -2.02. The van der Waals surface area contributed by atoms with E-state index in [2.05, 4.69) is 9.97 Å². The molecular formula is C12H13N3O. The summed E-state index contributed by atoms with van der Waals surface area (Å²) in [7, 11) is 0. The van der Waals surface area contributed by atoms with Gasteiger partial charge in [-0.3, -0.25) is 4.79 Å². The van der Waals surface area contributed by atoms with E-state index >= 15 is 0 Å². The van der Waals surface area contributed by atoms with Crippen LogP contribution >= 0.6 is 0 Å². The van der Waals surface area contributed by atoms with Crippen molar-refractivity contribution in [2.75, 3.05) is 0 Å². The lowest BCUT2D eigenvalue weighted by Crippen LogP contribution is -2.11. The largest absolute Gasteiger partial charge is 0.370 e. The molecule has 1 aromatic carbocycles. The minimum Gasteiger partial charge on any atom is -0.370 e. The van der Waals surface area contributed by atoms with Crippen molar-refractivity contribution in [3.05, 3.63) is 42.2 Å². The van der Waals surface area contributed by atoms with Crippen LogP contribution in [0, 0.1) is 0 Å². The second-order valence-corrected chi connectivity index (χ2v) is 3.60. The molecule has 0 saturated heterocycles. The number of imidazole rings is 1. The minimum absolute atomic E-state index is 0.275. The number of hydrogen-bond donors (Lipinski definition) is 2. The number of rotatable bonds is 4. The number of nitrogens with one attached hydrogen (secondary N) is 1. The number of amides is 1. The number of aromatic nitrogens is 2. The smallest absolute Gasteiger partial charge is 0.217 e. The third-order valence-corrected chi connectivity index (χ3v) is 2.36. The Bertz CT molecular complexity index is 477. The molecular weight excluding hydrogens is 202 g/mol. The summed E-state index contributed by atoms with van der Waals surface area (Å²) in [5.41, 5.74) is 7.23. The zero-order valence-electron chi connectivity index (χ0n) is 8.81. The maximum absolute atomic E-state index is 10.7.